The van der Waals surface area contributed by atoms with E-state index in [1.165, 1.54) is 71.8 Å². The molecular weight excluding hydrogens is 791 g/mol. The standard InChI is InChI=1S/C59H55BN4O/c1-56(2,3)34-20-22-44-40(26-34)41-27-36(58(7,8)9)30-49-53(41)63(44)50-31-37(59(10,11)12)29-43-54(50)64(49)48-25-33(32-61)24-47-52(48)60(43)42-28-35(57(4,5)6)21-23-45(42)62(47)46-18-15-17-39-38-16-13-14-19-51(38)65-55(39)46/h13-31H,1-12H3. The summed E-state index contributed by atoms with van der Waals surface area (Å²) in [5, 5.41) is 15.8. The van der Waals surface area contributed by atoms with Crippen molar-refractivity contribution in [2.24, 2.45) is 0 Å². The van der Waals surface area contributed by atoms with E-state index in [1.54, 1.807) is 0 Å². The molecule has 0 radical (unpaired) electrons. The molecule has 0 N–H and O–H groups in total. The number of fused-ring (bicyclic) bond motifs is 12. The van der Waals surface area contributed by atoms with Gasteiger partial charge in [0.05, 0.1) is 45.4 Å². The first kappa shape index (κ1) is 39.9. The third kappa shape index (κ3) is 5.51. The van der Waals surface area contributed by atoms with Crippen molar-refractivity contribution in [1.29, 1.82) is 5.26 Å². The van der Waals surface area contributed by atoms with E-state index < -0.39 is 0 Å². The van der Waals surface area contributed by atoms with Gasteiger partial charge in [-0.3, -0.25) is 0 Å². The molecule has 3 aliphatic rings. The van der Waals surface area contributed by atoms with Crippen LogP contribution in [0.2, 0.25) is 0 Å². The molecule has 6 heteroatoms. The van der Waals surface area contributed by atoms with Crippen LogP contribution in [-0.4, -0.2) is 11.3 Å². The summed E-state index contributed by atoms with van der Waals surface area (Å²) in [7, 11) is 0. The first-order valence-corrected chi connectivity index (χ1v) is 23.3. The highest BCUT2D eigenvalue weighted by Crippen LogP contribution is 2.55. The number of nitriles is 1. The van der Waals surface area contributed by atoms with Crippen molar-refractivity contribution in [3.63, 3.8) is 0 Å². The largest absolute Gasteiger partial charge is 0.454 e. The second-order valence-corrected chi connectivity index (χ2v) is 23.1. The van der Waals surface area contributed by atoms with Gasteiger partial charge in [-0.2, -0.15) is 5.26 Å². The molecule has 5 nitrogen and oxygen atoms in total. The number of benzene rings is 7. The lowest BCUT2D eigenvalue weighted by molar-refractivity contribution is 0.590. The van der Waals surface area contributed by atoms with Crippen molar-refractivity contribution >= 4 is 101 Å². The first-order chi connectivity index (χ1) is 30.7. The van der Waals surface area contributed by atoms with E-state index in [9.17, 15) is 5.26 Å². The van der Waals surface area contributed by atoms with E-state index in [2.05, 4.69) is 213 Å². The Kier molecular flexibility index (Phi) is 7.82. The summed E-state index contributed by atoms with van der Waals surface area (Å²) < 4.78 is 9.41. The predicted molar refractivity (Wildman–Crippen MR) is 275 cm³/mol. The average molecular weight is 847 g/mol. The van der Waals surface area contributed by atoms with E-state index in [4.69, 9.17) is 4.42 Å². The lowest BCUT2D eigenvalue weighted by atomic mass is 9.33. The van der Waals surface area contributed by atoms with Gasteiger partial charge in [-0.25, -0.2) is 0 Å². The summed E-state index contributed by atoms with van der Waals surface area (Å²) in [5.74, 6) is 0. The van der Waals surface area contributed by atoms with Crippen LogP contribution in [0.15, 0.2) is 120 Å². The normalized spacial score (nSPS) is 14.4. The zero-order chi connectivity index (χ0) is 45.4. The lowest BCUT2D eigenvalue weighted by Gasteiger charge is -2.47. The van der Waals surface area contributed by atoms with Gasteiger partial charge >= 0.3 is 0 Å². The average Bonchev–Trinajstić information content (AvgIpc) is 3.80. The number of para-hydroxylation sites is 2. The van der Waals surface area contributed by atoms with Gasteiger partial charge in [-0.1, -0.05) is 138 Å². The Morgan fingerprint density at radius 2 is 1.08 bits per heavy atom. The third-order valence-corrected chi connectivity index (χ3v) is 14.7. The van der Waals surface area contributed by atoms with E-state index in [0.29, 0.717) is 5.56 Å². The molecule has 0 saturated heterocycles. The molecule has 2 aromatic heterocycles. The first-order valence-electron chi connectivity index (χ1n) is 23.3. The molecule has 9 aromatic rings. The Labute approximate surface area is 383 Å². The molecule has 3 aliphatic heterocycles. The number of aromatic nitrogens is 1. The van der Waals surface area contributed by atoms with Crippen molar-refractivity contribution < 1.29 is 4.42 Å². The van der Waals surface area contributed by atoms with Gasteiger partial charge in [0.2, 0.25) is 0 Å². The molecule has 5 heterocycles. The van der Waals surface area contributed by atoms with Crippen LogP contribution in [0.1, 0.15) is 111 Å². The van der Waals surface area contributed by atoms with Gasteiger partial charge in [-0.05, 0) is 121 Å². The highest BCUT2D eigenvalue weighted by Gasteiger charge is 2.48. The highest BCUT2D eigenvalue weighted by molar-refractivity contribution is 7.00. The van der Waals surface area contributed by atoms with Crippen LogP contribution < -0.4 is 26.2 Å². The molecule has 0 saturated carbocycles. The number of rotatable bonds is 1. The van der Waals surface area contributed by atoms with Crippen LogP contribution in [0, 0.1) is 11.3 Å². The highest BCUT2D eigenvalue weighted by atomic mass is 16.3. The van der Waals surface area contributed by atoms with Gasteiger partial charge in [0.25, 0.3) is 6.71 Å². The number of anilines is 6. The molecule has 0 fully saturated rings. The minimum Gasteiger partial charge on any atom is -0.454 e. The summed E-state index contributed by atoms with van der Waals surface area (Å²) >= 11 is 0. The van der Waals surface area contributed by atoms with Crippen LogP contribution in [0.25, 0.3) is 49.4 Å². The maximum atomic E-state index is 11.1. The molecule has 7 aromatic carbocycles. The quantitative estimate of drug-likeness (QED) is 0.154. The summed E-state index contributed by atoms with van der Waals surface area (Å²) in [4.78, 5) is 4.95. The summed E-state index contributed by atoms with van der Waals surface area (Å²) in [5.41, 5.74) is 20.9. The molecule has 0 atom stereocenters. The third-order valence-electron chi connectivity index (χ3n) is 14.7. The van der Waals surface area contributed by atoms with Crippen LogP contribution in [0.4, 0.5) is 34.1 Å². The van der Waals surface area contributed by atoms with Crippen LogP contribution in [-0.2, 0) is 21.7 Å². The van der Waals surface area contributed by atoms with Crippen LogP contribution in [0.3, 0.4) is 0 Å². The predicted octanol–water partition coefficient (Wildman–Crippen LogP) is 14.1. The Balaban J connectivity index is 1.28. The minimum atomic E-state index is -0.143. The molecule has 0 spiro atoms. The number of hydrogen-bond donors (Lipinski definition) is 0. The van der Waals surface area contributed by atoms with E-state index >= 15 is 0 Å². The second-order valence-electron chi connectivity index (χ2n) is 23.1. The molecular formula is C59H55BN4O. The fourth-order valence-electron chi connectivity index (χ4n) is 11.1. The second kappa shape index (κ2) is 12.8. The molecule has 12 rings (SSSR count). The topological polar surface area (TPSA) is 48.3 Å². The van der Waals surface area contributed by atoms with Gasteiger partial charge in [0, 0.05) is 38.6 Å². The minimum absolute atomic E-state index is 0.0178. The van der Waals surface area contributed by atoms with E-state index in [-0.39, 0.29) is 28.4 Å². The smallest absolute Gasteiger partial charge is 0.252 e. The molecule has 320 valence electrons. The van der Waals surface area contributed by atoms with Crippen molar-refractivity contribution in [2.75, 3.05) is 9.80 Å². The molecule has 65 heavy (non-hydrogen) atoms. The van der Waals surface area contributed by atoms with Crippen LogP contribution in [0.5, 0.6) is 0 Å². The lowest BCUT2D eigenvalue weighted by Crippen LogP contribution is -2.62. The maximum Gasteiger partial charge on any atom is 0.252 e. The summed E-state index contributed by atoms with van der Waals surface area (Å²) in [6.07, 6.45) is 0. The molecule has 0 unspecified atom stereocenters. The Bertz CT molecular complexity index is 3620. The monoisotopic (exact) mass is 846 g/mol. The van der Waals surface area contributed by atoms with Gasteiger partial charge in [0.1, 0.15) is 5.58 Å². The fourth-order valence-corrected chi connectivity index (χ4v) is 11.1. The molecule has 0 amide bonds. The van der Waals surface area contributed by atoms with Crippen molar-refractivity contribution in [3.05, 3.63) is 143 Å². The van der Waals surface area contributed by atoms with E-state index in [1.807, 2.05) is 6.07 Å². The van der Waals surface area contributed by atoms with Crippen molar-refractivity contribution in [3.8, 4) is 11.8 Å². The number of furan rings is 1. The number of hydrogen-bond acceptors (Lipinski definition) is 4. The van der Waals surface area contributed by atoms with E-state index in [0.717, 1.165) is 50.4 Å². The maximum absolute atomic E-state index is 11.1. The van der Waals surface area contributed by atoms with Crippen molar-refractivity contribution in [2.45, 2.75) is 105 Å². The zero-order valence-corrected chi connectivity index (χ0v) is 39.7. The van der Waals surface area contributed by atoms with Crippen molar-refractivity contribution in [1.82, 2.24) is 4.57 Å². The Hall–Kier alpha value is -6.71. The summed E-state index contributed by atoms with van der Waals surface area (Å²) in [6.45, 7) is 27.7. The Morgan fingerprint density at radius 3 is 1.78 bits per heavy atom. The van der Waals surface area contributed by atoms with Gasteiger partial charge in [0.15, 0.2) is 5.58 Å². The van der Waals surface area contributed by atoms with Crippen LogP contribution >= 0.6 is 0 Å². The SMILES string of the molecule is CC(C)(C)c1ccc2c(c1)B1c3cc(C(C)(C)C)cc4c3N(c3cc(C#N)cc(c31)N2c1cccc2c1oc1ccccc12)c1cc(C(C)(C)C)cc2c3cc(C(C)(C)C)ccc3n-4c12. The molecule has 0 aliphatic carbocycles. The molecule has 0 bridgehead atoms. The fraction of sp³-hybridized carbons (Fsp3) is 0.271. The number of nitrogens with zero attached hydrogens (tertiary/aromatic N) is 4. The van der Waals surface area contributed by atoms with Gasteiger partial charge in [-0.15, -0.1) is 0 Å². The van der Waals surface area contributed by atoms with Gasteiger partial charge < -0.3 is 18.8 Å². The Morgan fingerprint density at radius 1 is 0.477 bits per heavy atom. The summed E-state index contributed by atoms with van der Waals surface area (Å²) in [6, 6.07) is 45.9. The zero-order valence-electron chi connectivity index (χ0n) is 39.7.